The molecule has 0 aliphatic heterocycles. The van der Waals surface area contributed by atoms with Gasteiger partial charge in [-0.25, -0.2) is 8.42 Å². The summed E-state index contributed by atoms with van der Waals surface area (Å²) in [5.74, 6) is 0. The summed E-state index contributed by atoms with van der Waals surface area (Å²) in [4.78, 5) is 1.55. The largest absolute Gasteiger partial charge is 0.513 e. The Kier molecular flexibility index (Phi) is 4.19. The van der Waals surface area contributed by atoms with Gasteiger partial charge in [-0.2, -0.15) is 13.2 Å². The minimum Gasteiger partial charge on any atom is -0.263 e. The quantitative estimate of drug-likeness (QED) is 0.881. The molecule has 8 heteroatoms. The first-order valence-electron chi connectivity index (χ1n) is 5.80. The Labute approximate surface area is 119 Å². The molecule has 0 unspecified atom stereocenters. The van der Waals surface area contributed by atoms with Crippen molar-refractivity contribution in [2.75, 3.05) is 5.01 Å². The van der Waals surface area contributed by atoms with Gasteiger partial charge in [0, 0.05) is 0 Å². The zero-order valence-corrected chi connectivity index (χ0v) is 11.4. The van der Waals surface area contributed by atoms with E-state index in [2.05, 4.69) is 0 Å². The van der Waals surface area contributed by atoms with E-state index in [4.69, 9.17) is 0 Å². The minimum absolute atomic E-state index is 0.261. The smallest absolute Gasteiger partial charge is 0.263 e. The number of hydrogen-bond donors (Lipinski definition) is 1. The number of rotatable bonds is 4. The molecule has 0 bridgehead atoms. The normalized spacial score (nSPS) is 12.1. The van der Waals surface area contributed by atoms with E-state index in [0.717, 1.165) is 5.01 Å². The van der Waals surface area contributed by atoms with Gasteiger partial charge in [0.2, 0.25) is 0 Å². The molecule has 0 atom stereocenters. The van der Waals surface area contributed by atoms with Crippen LogP contribution in [0.25, 0.3) is 0 Å². The van der Waals surface area contributed by atoms with Crippen LogP contribution in [0.4, 0.5) is 24.5 Å². The van der Waals surface area contributed by atoms with Crippen molar-refractivity contribution in [3.05, 3.63) is 60.7 Å². The van der Waals surface area contributed by atoms with Crippen molar-refractivity contribution in [1.29, 1.82) is 0 Å². The van der Waals surface area contributed by atoms with E-state index >= 15 is 0 Å². The zero-order valence-electron chi connectivity index (χ0n) is 10.6. The highest BCUT2D eigenvalue weighted by Gasteiger charge is 2.47. The first-order chi connectivity index (χ1) is 9.81. The summed E-state index contributed by atoms with van der Waals surface area (Å²) < 4.78 is 60.3. The summed E-state index contributed by atoms with van der Waals surface area (Å²) in [6.07, 6.45) is 0. The molecular weight excluding hydrogens is 305 g/mol. The molecule has 2 rings (SSSR count). The number of halogens is 3. The molecule has 0 aromatic heterocycles. The van der Waals surface area contributed by atoms with Crippen molar-refractivity contribution in [3.8, 4) is 0 Å². The lowest BCUT2D eigenvalue weighted by molar-refractivity contribution is -0.0447. The number of nitrogens with one attached hydrogen (secondary N) is 1. The van der Waals surface area contributed by atoms with Crippen LogP contribution >= 0.6 is 0 Å². The third-order valence-corrected chi connectivity index (χ3v) is 3.58. The lowest BCUT2D eigenvalue weighted by Crippen LogP contribution is -2.45. The number of para-hydroxylation sites is 2. The van der Waals surface area contributed by atoms with Gasteiger partial charge in [-0.3, -0.25) is 5.01 Å². The summed E-state index contributed by atoms with van der Waals surface area (Å²) in [6, 6.07) is 15.7. The van der Waals surface area contributed by atoms with E-state index in [9.17, 15) is 21.6 Å². The van der Waals surface area contributed by atoms with Crippen LogP contribution in [-0.4, -0.2) is 13.9 Å². The fourth-order valence-corrected chi connectivity index (χ4v) is 2.14. The molecule has 2 aromatic rings. The minimum atomic E-state index is -5.52. The molecule has 0 radical (unpaired) electrons. The Morgan fingerprint density at radius 2 is 1.19 bits per heavy atom. The van der Waals surface area contributed by atoms with Gasteiger partial charge < -0.3 is 0 Å². The lowest BCUT2D eigenvalue weighted by Gasteiger charge is -2.25. The van der Waals surface area contributed by atoms with Crippen molar-refractivity contribution in [1.82, 2.24) is 4.83 Å². The first kappa shape index (κ1) is 15.3. The number of nitrogens with zero attached hydrogens (tertiary/aromatic N) is 1. The number of sulfonamides is 1. The zero-order chi connectivity index (χ0) is 15.5. The number of hydrazine groups is 1. The van der Waals surface area contributed by atoms with Crippen molar-refractivity contribution < 1.29 is 21.6 Å². The average molecular weight is 316 g/mol. The average Bonchev–Trinajstić information content (AvgIpc) is 2.45. The number of benzene rings is 2. The van der Waals surface area contributed by atoms with Crippen LogP contribution in [0.1, 0.15) is 0 Å². The van der Waals surface area contributed by atoms with Crippen molar-refractivity contribution in [2.45, 2.75) is 5.51 Å². The third-order valence-electron chi connectivity index (χ3n) is 2.54. The van der Waals surface area contributed by atoms with Crippen molar-refractivity contribution >= 4 is 21.4 Å². The van der Waals surface area contributed by atoms with Crippen LogP contribution in [0, 0.1) is 0 Å². The van der Waals surface area contributed by atoms with Crippen LogP contribution in [0.15, 0.2) is 60.7 Å². The molecule has 0 spiro atoms. The molecule has 0 fully saturated rings. The van der Waals surface area contributed by atoms with Gasteiger partial charge in [0.1, 0.15) is 0 Å². The molecule has 0 saturated heterocycles. The molecule has 4 nitrogen and oxygen atoms in total. The van der Waals surface area contributed by atoms with E-state index in [-0.39, 0.29) is 11.4 Å². The fourth-order valence-electron chi connectivity index (χ4n) is 1.58. The van der Waals surface area contributed by atoms with Gasteiger partial charge in [0.25, 0.3) is 0 Å². The summed E-state index contributed by atoms with van der Waals surface area (Å²) in [5.41, 5.74) is -4.87. The Morgan fingerprint density at radius 3 is 1.52 bits per heavy atom. The summed E-state index contributed by atoms with van der Waals surface area (Å²) >= 11 is 0. The van der Waals surface area contributed by atoms with Crippen molar-refractivity contribution in [2.24, 2.45) is 0 Å². The predicted molar refractivity (Wildman–Crippen MR) is 73.1 cm³/mol. The van der Waals surface area contributed by atoms with Gasteiger partial charge in [-0.15, -0.1) is 4.83 Å². The van der Waals surface area contributed by atoms with Crippen LogP contribution < -0.4 is 9.84 Å². The van der Waals surface area contributed by atoms with Crippen LogP contribution in [0.2, 0.25) is 0 Å². The van der Waals surface area contributed by atoms with Crippen molar-refractivity contribution in [3.63, 3.8) is 0 Å². The van der Waals surface area contributed by atoms with Gasteiger partial charge in [0.05, 0.1) is 11.4 Å². The summed E-state index contributed by atoms with van der Waals surface area (Å²) in [7, 11) is -5.52. The number of hydrogen-bond acceptors (Lipinski definition) is 3. The molecule has 0 aliphatic rings. The predicted octanol–water partition coefficient (Wildman–Crippen LogP) is 3.18. The Bertz CT molecular complexity index is 649. The maximum Gasteiger partial charge on any atom is 0.513 e. The highest BCUT2D eigenvalue weighted by Crippen LogP contribution is 2.27. The fraction of sp³-hybridized carbons (Fsp3) is 0.0769. The second-order valence-corrected chi connectivity index (χ2v) is 5.70. The Morgan fingerprint density at radius 1 is 0.810 bits per heavy atom. The molecule has 0 aliphatic carbocycles. The SMILES string of the molecule is O=S(=O)(NN(c1ccccc1)c1ccccc1)C(F)(F)F. The third kappa shape index (κ3) is 3.53. The lowest BCUT2D eigenvalue weighted by atomic mass is 10.2. The molecule has 0 heterocycles. The summed E-state index contributed by atoms with van der Waals surface area (Å²) in [5, 5.41) is 0.864. The standard InChI is InChI=1S/C13H11F3N2O2S/c14-13(15,16)21(19,20)17-18(11-7-3-1-4-8-11)12-9-5-2-6-10-12/h1-10,17H. The first-order valence-corrected chi connectivity index (χ1v) is 7.28. The summed E-state index contributed by atoms with van der Waals surface area (Å²) in [6.45, 7) is 0. The number of alkyl halides is 3. The van der Waals surface area contributed by atoms with Gasteiger partial charge in [0.15, 0.2) is 0 Å². The molecular formula is C13H11F3N2O2S. The Balaban J connectivity index is 2.44. The van der Waals surface area contributed by atoms with Gasteiger partial charge in [-0.1, -0.05) is 36.4 Å². The monoisotopic (exact) mass is 316 g/mol. The van der Waals surface area contributed by atoms with E-state index in [1.165, 1.54) is 24.3 Å². The molecule has 1 N–H and O–H groups in total. The molecule has 0 saturated carbocycles. The number of anilines is 2. The topological polar surface area (TPSA) is 49.4 Å². The highest BCUT2D eigenvalue weighted by molar-refractivity contribution is 7.90. The maximum atomic E-state index is 12.5. The van der Waals surface area contributed by atoms with E-state index in [1.807, 2.05) is 0 Å². The van der Waals surface area contributed by atoms with Gasteiger partial charge in [-0.05, 0) is 24.3 Å². The Hall–Kier alpha value is -2.06. The molecule has 112 valence electrons. The maximum absolute atomic E-state index is 12.5. The molecule has 0 amide bonds. The van der Waals surface area contributed by atoms with E-state index in [0.29, 0.717) is 0 Å². The van der Waals surface area contributed by atoms with Crippen LogP contribution in [-0.2, 0) is 10.0 Å². The van der Waals surface area contributed by atoms with E-state index in [1.54, 1.807) is 41.2 Å². The van der Waals surface area contributed by atoms with Gasteiger partial charge >= 0.3 is 15.5 Å². The second kappa shape index (κ2) is 5.74. The molecule has 2 aromatic carbocycles. The highest BCUT2D eigenvalue weighted by atomic mass is 32.2. The second-order valence-electron chi connectivity index (χ2n) is 4.05. The van der Waals surface area contributed by atoms with E-state index < -0.39 is 15.5 Å². The van der Waals surface area contributed by atoms with Crippen LogP contribution in [0.5, 0.6) is 0 Å². The molecule has 21 heavy (non-hydrogen) atoms. The van der Waals surface area contributed by atoms with Crippen LogP contribution in [0.3, 0.4) is 0 Å².